The minimum Gasteiger partial charge on any atom is -0.384 e. The van der Waals surface area contributed by atoms with E-state index in [1.54, 1.807) is 6.20 Å². The third kappa shape index (κ3) is 2.26. The molecule has 2 N–H and O–H groups in total. The van der Waals surface area contributed by atoms with Crippen molar-refractivity contribution < 1.29 is 4.79 Å². The third-order valence-corrected chi connectivity index (χ3v) is 2.63. The monoisotopic (exact) mass is 205 g/mol. The van der Waals surface area contributed by atoms with E-state index in [1.165, 1.54) is 0 Å². The van der Waals surface area contributed by atoms with Gasteiger partial charge in [0.05, 0.1) is 0 Å². The first-order valence-corrected chi connectivity index (χ1v) is 5.13. The molecule has 1 aromatic heterocycles. The summed E-state index contributed by atoms with van der Waals surface area (Å²) in [4.78, 5) is 17.4. The summed E-state index contributed by atoms with van der Waals surface area (Å²) in [5, 5.41) is 0. The van der Waals surface area contributed by atoms with E-state index >= 15 is 0 Å². The third-order valence-electron chi connectivity index (χ3n) is 2.63. The minimum atomic E-state index is 0.234. The number of likely N-dealkylation sites (tertiary alicyclic amines) is 1. The zero-order valence-electron chi connectivity index (χ0n) is 8.81. The molecule has 0 bridgehead atoms. The van der Waals surface area contributed by atoms with Crippen molar-refractivity contribution in [3.8, 4) is 0 Å². The van der Waals surface area contributed by atoms with E-state index in [1.807, 2.05) is 17.0 Å². The van der Waals surface area contributed by atoms with Crippen LogP contribution in [0.4, 0.5) is 5.82 Å². The van der Waals surface area contributed by atoms with Crippen LogP contribution in [0.2, 0.25) is 0 Å². The van der Waals surface area contributed by atoms with Crippen molar-refractivity contribution in [2.45, 2.75) is 19.9 Å². The van der Waals surface area contributed by atoms with Crippen LogP contribution >= 0.6 is 0 Å². The molecule has 4 heteroatoms. The van der Waals surface area contributed by atoms with Crippen LogP contribution in [-0.2, 0) is 11.3 Å². The number of hydrogen-bond donors (Lipinski definition) is 1. The summed E-state index contributed by atoms with van der Waals surface area (Å²) < 4.78 is 0. The van der Waals surface area contributed by atoms with Gasteiger partial charge in [-0.2, -0.15) is 0 Å². The van der Waals surface area contributed by atoms with Gasteiger partial charge < -0.3 is 10.6 Å². The molecule has 80 valence electrons. The lowest BCUT2D eigenvalue weighted by atomic mass is 10.2. The molecule has 2 heterocycles. The quantitative estimate of drug-likeness (QED) is 0.784. The molecule has 1 saturated heterocycles. The second-order valence-corrected chi connectivity index (χ2v) is 4.17. The number of nitrogens with zero attached hydrogens (tertiary/aromatic N) is 2. The molecule has 0 aliphatic carbocycles. The van der Waals surface area contributed by atoms with Crippen LogP contribution in [0.3, 0.4) is 0 Å². The molecule has 1 amide bonds. The second-order valence-electron chi connectivity index (χ2n) is 4.17. The Morgan fingerprint density at radius 2 is 2.47 bits per heavy atom. The molecule has 0 spiro atoms. The fraction of sp³-hybridized carbons (Fsp3) is 0.455. The van der Waals surface area contributed by atoms with Gasteiger partial charge in [0.2, 0.25) is 5.91 Å². The van der Waals surface area contributed by atoms with Gasteiger partial charge in [-0.1, -0.05) is 6.92 Å². The number of rotatable bonds is 2. The van der Waals surface area contributed by atoms with Gasteiger partial charge in [0.25, 0.3) is 0 Å². The van der Waals surface area contributed by atoms with Crippen LogP contribution in [-0.4, -0.2) is 22.3 Å². The maximum Gasteiger partial charge on any atom is 0.223 e. The van der Waals surface area contributed by atoms with Crippen LogP contribution in [0.1, 0.15) is 18.9 Å². The van der Waals surface area contributed by atoms with Gasteiger partial charge in [-0.05, 0) is 23.6 Å². The minimum absolute atomic E-state index is 0.234. The normalized spacial score (nSPS) is 21.0. The van der Waals surface area contributed by atoms with Gasteiger partial charge in [-0.3, -0.25) is 4.79 Å². The molecule has 2 rings (SSSR count). The first-order chi connectivity index (χ1) is 7.15. The van der Waals surface area contributed by atoms with Gasteiger partial charge in [-0.25, -0.2) is 4.98 Å². The second kappa shape index (κ2) is 3.88. The Morgan fingerprint density at radius 1 is 1.67 bits per heavy atom. The lowest BCUT2D eigenvalue weighted by Gasteiger charge is -2.15. The molecule has 1 aromatic rings. The first kappa shape index (κ1) is 9.96. The van der Waals surface area contributed by atoms with Gasteiger partial charge in [-0.15, -0.1) is 0 Å². The van der Waals surface area contributed by atoms with Gasteiger partial charge in [0.15, 0.2) is 0 Å². The van der Waals surface area contributed by atoms with E-state index in [4.69, 9.17) is 5.73 Å². The summed E-state index contributed by atoms with van der Waals surface area (Å²) in [7, 11) is 0. The number of amides is 1. The first-order valence-electron chi connectivity index (χ1n) is 5.13. The van der Waals surface area contributed by atoms with E-state index in [9.17, 15) is 4.79 Å². The highest BCUT2D eigenvalue weighted by atomic mass is 16.2. The summed E-state index contributed by atoms with van der Waals surface area (Å²) in [6.45, 7) is 3.59. The number of carbonyl (C=O) groups excluding carboxylic acids is 1. The molecule has 0 radical (unpaired) electrons. The number of nitrogen functional groups attached to an aromatic ring is 1. The summed E-state index contributed by atoms with van der Waals surface area (Å²) in [6, 6.07) is 3.71. The topological polar surface area (TPSA) is 59.2 Å². The van der Waals surface area contributed by atoms with Crippen LogP contribution in [0, 0.1) is 5.92 Å². The number of aromatic nitrogens is 1. The zero-order chi connectivity index (χ0) is 10.8. The molecule has 1 fully saturated rings. The molecule has 1 aliphatic rings. The summed E-state index contributed by atoms with van der Waals surface area (Å²) in [5.41, 5.74) is 6.63. The van der Waals surface area contributed by atoms with Gasteiger partial charge in [0, 0.05) is 25.7 Å². The van der Waals surface area contributed by atoms with Crippen molar-refractivity contribution in [1.29, 1.82) is 0 Å². The van der Waals surface area contributed by atoms with Crippen LogP contribution in [0.15, 0.2) is 18.3 Å². The molecule has 1 atom stereocenters. The summed E-state index contributed by atoms with van der Waals surface area (Å²) in [5.74, 6) is 1.21. The maximum absolute atomic E-state index is 11.6. The number of pyridine rings is 1. The Hall–Kier alpha value is -1.58. The van der Waals surface area contributed by atoms with Crippen molar-refractivity contribution >= 4 is 11.7 Å². The smallest absolute Gasteiger partial charge is 0.223 e. The molecule has 1 unspecified atom stereocenters. The van der Waals surface area contributed by atoms with Crippen LogP contribution in [0.25, 0.3) is 0 Å². The predicted molar refractivity (Wildman–Crippen MR) is 57.8 cm³/mol. The SMILES string of the molecule is CC1CC(=O)N(Cc2ccnc(N)c2)C1. The number of anilines is 1. The Bertz CT molecular complexity index is 378. The van der Waals surface area contributed by atoms with E-state index in [2.05, 4.69) is 11.9 Å². The molecular formula is C11H15N3O. The molecule has 0 aromatic carbocycles. The van der Waals surface area contributed by atoms with Crippen molar-refractivity contribution in [3.05, 3.63) is 23.9 Å². The highest BCUT2D eigenvalue weighted by Gasteiger charge is 2.26. The van der Waals surface area contributed by atoms with Crippen LogP contribution < -0.4 is 5.73 Å². The zero-order valence-corrected chi connectivity index (χ0v) is 8.81. The van der Waals surface area contributed by atoms with Crippen molar-refractivity contribution in [3.63, 3.8) is 0 Å². The Balaban J connectivity index is 2.06. The molecule has 4 nitrogen and oxygen atoms in total. The molecule has 15 heavy (non-hydrogen) atoms. The molecule has 1 aliphatic heterocycles. The lowest BCUT2D eigenvalue weighted by Crippen LogP contribution is -2.24. The largest absolute Gasteiger partial charge is 0.384 e. The standard InChI is InChI=1S/C11H15N3O/c1-8-4-11(15)14(6-8)7-9-2-3-13-10(12)5-9/h2-3,5,8H,4,6-7H2,1H3,(H2,12,13). The number of carbonyl (C=O) groups is 1. The number of nitrogens with two attached hydrogens (primary N) is 1. The van der Waals surface area contributed by atoms with Crippen LogP contribution in [0.5, 0.6) is 0 Å². The van der Waals surface area contributed by atoms with Crippen molar-refractivity contribution in [1.82, 2.24) is 9.88 Å². The highest BCUT2D eigenvalue weighted by molar-refractivity contribution is 5.78. The Labute approximate surface area is 89.1 Å². The fourth-order valence-electron chi connectivity index (χ4n) is 1.94. The Morgan fingerprint density at radius 3 is 3.07 bits per heavy atom. The average molecular weight is 205 g/mol. The van der Waals surface area contributed by atoms with Crippen molar-refractivity contribution in [2.75, 3.05) is 12.3 Å². The predicted octanol–water partition coefficient (Wildman–Crippen LogP) is 1.03. The van der Waals surface area contributed by atoms with E-state index in [0.717, 1.165) is 12.1 Å². The van der Waals surface area contributed by atoms with Crippen molar-refractivity contribution in [2.24, 2.45) is 5.92 Å². The number of hydrogen-bond acceptors (Lipinski definition) is 3. The lowest BCUT2D eigenvalue weighted by molar-refractivity contribution is -0.128. The Kier molecular flexibility index (Phi) is 2.58. The highest BCUT2D eigenvalue weighted by Crippen LogP contribution is 2.19. The molecular weight excluding hydrogens is 190 g/mol. The van der Waals surface area contributed by atoms with Gasteiger partial charge >= 0.3 is 0 Å². The van der Waals surface area contributed by atoms with E-state index in [-0.39, 0.29) is 5.91 Å². The van der Waals surface area contributed by atoms with E-state index in [0.29, 0.717) is 24.7 Å². The summed E-state index contributed by atoms with van der Waals surface area (Å²) >= 11 is 0. The summed E-state index contributed by atoms with van der Waals surface area (Å²) in [6.07, 6.45) is 2.34. The average Bonchev–Trinajstić information content (AvgIpc) is 2.45. The van der Waals surface area contributed by atoms with E-state index < -0.39 is 0 Å². The van der Waals surface area contributed by atoms with Gasteiger partial charge in [0.1, 0.15) is 5.82 Å². The maximum atomic E-state index is 11.6. The molecule has 0 saturated carbocycles. The fourth-order valence-corrected chi connectivity index (χ4v) is 1.94.